The maximum Gasteiger partial charge on any atom is 0.266 e. The second-order valence-electron chi connectivity index (χ2n) is 10.3. The van der Waals surface area contributed by atoms with Gasteiger partial charge in [-0.25, -0.2) is 18.7 Å². The van der Waals surface area contributed by atoms with Gasteiger partial charge in [0.1, 0.15) is 16.4 Å². The van der Waals surface area contributed by atoms with Gasteiger partial charge < -0.3 is 9.64 Å². The van der Waals surface area contributed by atoms with Crippen LogP contribution in [0.5, 0.6) is 5.88 Å². The lowest BCUT2D eigenvalue weighted by Gasteiger charge is -2.28. The van der Waals surface area contributed by atoms with E-state index in [1.54, 1.807) is 35.4 Å². The molecule has 0 N–H and O–H groups in total. The van der Waals surface area contributed by atoms with E-state index in [0.717, 1.165) is 31.0 Å². The van der Waals surface area contributed by atoms with E-state index in [-0.39, 0.29) is 27.9 Å². The standard InChI is InChI=1S/C31H30ClF2N5O3S/c1-4-42-28-26(13-20(32)16-36-28)39-25(12-18(2)3)21(30(40)38-10-6-5-7-11-38)14-22(31(39)41)29-37-24(17-43-29)23-9-8-19(15-35-23)27(33)34/h8-9,12-17,27H,4-7,10-11H2,1-3H3. The molecule has 0 spiro atoms. The van der Waals surface area contributed by atoms with Gasteiger partial charge >= 0.3 is 0 Å². The fourth-order valence-electron chi connectivity index (χ4n) is 4.90. The van der Waals surface area contributed by atoms with Gasteiger partial charge in [-0.1, -0.05) is 17.2 Å². The monoisotopic (exact) mass is 625 g/mol. The molecule has 0 aromatic carbocycles. The maximum atomic E-state index is 14.4. The first kappa shape index (κ1) is 30.5. The molecular formula is C31H30ClF2N5O3S. The van der Waals surface area contributed by atoms with Gasteiger partial charge in [0.25, 0.3) is 17.9 Å². The van der Waals surface area contributed by atoms with E-state index in [1.165, 1.54) is 34.2 Å². The number of carbonyl (C=O) groups excluding carboxylic acids is 1. The van der Waals surface area contributed by atoms with Crippen LogP contribution < -0.4 is 10.3 Å². The van der Waals surface area contributed by atoms with Gasteiger partial charge in [-0.15, -0.1) is 11.3 Å². The molecule has 0 atom stereocenters. The minimum Gasteiger partial charge on any atom is -0.476 e. The zero-order chi connectivity index (χ0) is 30.7. The molecule has 5 rings (SSSR count). The Kier molecular flexibility index (Phi) is 9.31. The first-order chi connectivity index (χ1) is 20.7. The maximum absolute atomic E-state index is 14.4. The third-order valence-electron chi connectivity index (χ3n) is 6.89. The van der Waals surface area contributed by atoms with Crippen molar-refractivity contribution in [1.29, 1.82) is 0 Å². The van der Waals surface area contributed by atoms with Crippen molar-refractivity contribution >= 4 is 34.9 Å². The van der Waals surface area contributed by atoms with Crippen LogP contribution in [-0.4, -0.2) is 50.0 Å². The average Bonchev–Trinajstić information content (AvgIpc) is 3.48. The summed E-state index contributed by atoms with van der Waals surface area (Å²) in [6, 6.07) is 5.95. The van der Waals surface area contributed by atoms with Crippen molar-refractivity contribution in [3.05, 3.63) is 79.8 Å². The number of ether oxygens (including phenoxy) is 1. The molecule has 12 heteroatoms. The normalized spacial score (nSPS) is 13.3. The lowest BCUT2D eigenvalue weighted by atomic mass is 10.0. The number of piperidine rings is 1. The predicted octanol–water partition coefficient (Wildman–Crippen LogP) is 7.46. The molecule has 0 bridgehead atoms. The van der Waals surface area contributed by atoms with E-state index in [0.29, 0.717) is 53.0 Å². The number of allylic oxidation sites excluding steroid dienone is 1. The molecule has 0 radical (unpaired) electrons. The highest BCUT2D eigenvalue weighted by Crippen LogP contribution is 2.32. The molecule has 0 saturated carbocycles. The molecule has 1 aliphatic rings. The molecule has 4 aromatic rings. The molecule has 43 heavy (non-hydrogen) atoms. The number of nitrogens with zero attached hydrogens (tertiary/aromatic N) is 5. The second kappa shape index (κ2) is 13.1. The van der Waals surface area contributed by atoms with Crippen LogP contribution in [-0.2, 0) is 0 Å². The molecule has 224 valence electrons. The fraction of sp³-hybridized carbons (Fsp3) is 0.323. The van der Waals surface area contributed by atoms with Gasteiger partial charge in [0.05, 0.1) is 34.1 Å². The van der Waals surface area contributed by atoms with Gasteiger partial charge in [0.15, 0.2) is 0 Å². The third kappa shape index (κ3) is 6.52. The molecule has 4 aromatic heterocycles. The number of hydrogen-bond acceptors (Lipinski definition) is 7. The van der Waals surface area contributed by atoms with Crippen LogP contribution >= 0.6 is 22.9 Å². The topological polar surface area (TPSA) is 90.2 Å². The zero-order valence-electron chi connectivity index (χ0n) is 23.9. The van der Waals surface area contributed by atoms with Crippen LogP contribution in [0.1, 0.15) is 68.1 Å². The van der Waals surface area contributed by atoms with Crippen molar-refractivity contribution in [3.8, 4) is 33.5 Å². The Morgan fingerprint density at radius 2 is 1.88 bits per heavy atom. The summed E-state index contributed by atoms with van der Waals surface area (Å²) in [7, 11) is 0. The number of halogens is 3. The van der Waals surface area contributed by atoms with Crippen LogP contribution in [0.2, 0.25) is 5.02 Å². The number of thiazole rings is 1. The highest BCUT2D eigenvalue weighted by atomic mass is 35.5. The van der Waals surface area contributed by atoms with Gasteiger partial charge in [0.2, 0.25) is 5.88 Å². The number of alkyl halides is 2. The highest BCUT2D eigenvalue weighted by molar-refractivity contribution is 7.13. The molecule has 1 saturated heterocycles. The van der Waals surface area contributed by atoms with Crippen molar-refractivity contribution in [1.82, 2.24) is 24.4 Å². The van der Waals surface area contributed by atoms with Crippen LogP contribution in [0.4, 0.5) is 8.78 Å². The molecule has 1 aliphatic heterocycles. The van der Waals surface area contributed by atoms with E-state index in [9.17, 15) is 18.4 Å². The molecular weight excluding hydrogens is 596 g/mol. The first-order valence-corrected chi connectivity index (χ1v) is 15.2. The van der Waals surface area contributed by atoms with E-state index in [1.807, 2.05) is 13.8 Å². The summed E-state index contributed by atoms with van der Waals surface area (Å²) >= 11 is 7.57. The smallest absolute Gasteiger partial charge is 0.266 e. The van der Waals surface area contributed by atoms with E-state index in [2.05, 4.69) is 15.0 Å². The van der Waals surface area contributed by atoms with Crippen LogP contribution in [0.3, 0.4) is 0 Å². The van der Waals surface area contributed by atoms with Crippen molar-refractivity contribution in [2.75, 3.05) is 19.7 Å². The Balaban J connectivity index is 1.76. The number of aromatic nitrogens is 4. The summed E-state index contributed by atoms with van der Waals surface area (Å²) in [5.74, 6) is -0.00902. The van der Waals surface area contributed by atoms with Crippen LogP contribution in [0.25, 0.3) is 33.7 Å². The predicted molar refractivity (Wildman–Crippen MR) is 164 cm³/mol. The minimum absolute atomic E-state index is 0.189. The largest absolute Gasteiger partial charge is 0.476 e. The molecule has 5 heterocycles. The summed E-state index contributed by atoms with van der Waals surface area (Å²) in [5.41, 5.74) is 2.23. The molecule has 8 nitrogen and oxygen atoms in total. The number of rotatable bonds is 8. The Bertz CT molecular complexity index is 1730. The third-order valence-corrected chi connectivity index (χ3v) is 7.98. The minimum atomic E-state index is -2.64. The van der Waals surface area contributed by atoms with Crippen LogP contribution in [0.15, 0.2) is 52.4 Å². The van der Waals surface area contributed by atoms with E-state index in [4.69, 9.17) is 16.3 Å². The quantitative estimate of drug-likeness (QED) is 0.202. The fourth-order valence-corrected chi connectivity index (χ4v) is 5.88. The van der Waals surface area contributed by atoms with Gasteiger partial charge in [-0.3, -0.25) is 19.1 Å². The molecule has 0 unspecified atom stereocenters. The Labute approximate surface area is 256 Å². The lowest BCUT2D eigenvalue weighted by Crippen LogP contribution is -2.37. The van der Waals surface area contributed by atoms with Gasteiger partial charge in [-0.2, -0.15) is 0 Å². The summed E-state index contributed by atoms with van der Waals surface area (Å²) in [4.78, 5) is 43.4. The SMILES string of the molecule is CCOc1ncc(Cl)cc1-n1c(C=C(C)C)c(C(=O)N2CCCCC2)cc(-c2nc(-c3ccc(C(F)F)cn3)cs2)c1=O. The van der Waals surface area contributed by atoms with Gasteiger partial charge in [-0.05, 0) is 70.4 Å². The summed E-state index contributed by atoms with van der Waals surface area (Å²) in [6.45, 7) is 7.10. The van der Waals surface area contributed by atoms with Crippen molar-refractivity contribution in [3.63, 3.8) is 0 Å². The molecule has 1 amide bonds. The van der Waals surface area contributed by atoms with E-state index >= 15 is 0 Å². The molecule has 0 aliphatic carbocycles. The summed E-state index contributed by atoms with van der Waals surface area (Å²) < 4.78 is 33.3. The van der Waals surface area contributed by atoms with Crippen LogP contribution in [0, 0.1) is 0 Å². The highest BCUT2D eigenvalue weighted by Gasteiger charge is 2.27. The Hall–Kier alpha value is -3.96. The van der Waals surface area contributed by atoms with Gasteiger partial charge in [0, 0.05) is 36.4 Å². The molecule has 1 fully saturated rings. The summed E-state index contributed by atoms with van der Waals surface area (Å²) in [6.07, 6.45) is 4.55. The number of pyridine rings is 3. The van der Waals surface area contributed by atoms with Crippen molar-refractivity contribution in [2.24, 2.45) is 0 Å². The number of hydrogen-bond donors (Lipinski definition) is 0. The van der Waals surface area contributed by atoms with Crippen molar-refractivity contribution in [2.45, 2.75) is 46.5 Å². The first-order valence-electron chi connectivity index (χ1n) is 13.9. The lowest BCUT2D eigenvalue weighted by molar-refractivity contribution is 0.0723. The number of amides is 1. The number of carbonyl (C=O) groups is 1. The Morgan fingerprint density at radius 3 is 2.53 bits per heavy atom. The number of likely N-dealkylation sites (tertiary alicyclic amines) is 1. The average molecular weight is 626 g/mol. The van der Waals surface area contributed by atoms with E-state index < -0.39 is 12.0 Å². The summed E-state index contributed by atoms with van der Waals surface area (Å²) in [5, 5.41) is 2.34. The zero-order valence-corrected chi connectivity index (χ0v) is 25.5. The van der Waals surface area contributed by atoms with Crippen molar-refractivity contribution < 1.29 is 18.3 Å². The second-order valence-corrected chi connectivity index (χ2v) is 11.6. The Morgan fingerprint density at radius 1 is 1.12 bits per heavy atom.